The van der Waals surface area contributed by atoms with E-state index < -0.39 is 0 Å². The molecule has 2 aromatic heterocycles. The Morgan fingerprint density at radius 1 is 1.58 bits per heavy atom. The van der Waals surface area contributed by atoms with Crippen LogP contribution in [0.5, 0.6) is 0 Å². The van der Waals surface area contributed by atoms with Gasteiger partial charge in [-0.25, -0.2) is 4.98 Å². The van der Waals surface area contributed by atoms with Gasteiger partial charge in [0, 0.05) is 0 Å². The van der Waals surface area contributed by atoms with E-state index >= 15 is 0 Å². The van der Waals surface area contributed by atoms with Gasteiger partial charge in [-0.2, -0.15) is 0 Å². The first-order valence-corrected chi connectivity index (χ1v) is 3.62. The highest BCUT2D eigenvalue weighted by atomic mass is 16.7. The van der Waals surface area contributed by atoms with Crippen LogP contribution in [0.25, 0.3) is 5.65 Å². The van der Waals surface area contributed by atoms with Gasteiger partial charge in [0.05, 0.1) is 0 Å². The van der Waals surface area contributed by atoms with Gasteiger partial charge >= 0.3 is 0 Å². The van der Waals surface area contributed by atoms with Crippen LogP contribution in [0.1, 0.15) is 6.92 Å². The van der Waals surface area contributed by atoms with Crippen LogP contribution in [0, 0.1) is 0 Å². The summed E-state index contributed by atoms with van der Waals surface area (Å²) in [6.45, 7) is 2.42. The van der Waals surface area contributed by atoms with Gasteiger partial charge in [-0.15, -0.1) is 5.10 Å². The first-order chi connectivity index (χ1) is 5.83. The lowest BCUT2D eigenvalue weighted by atomic mass is 10.7. The van der Waals surface area contributed by atoms with Crippen molar-refractivity contribution in [2.24, 2.45) is 0 Å². The number of nitrogen functional groups attached to an aromatic ring is 1. The molecule has 2 heterocycles. The van der Waals surface area contributed by atoms with Crippen molar-refractivity contribution in [2.45, 2.75) is 6.92 Å². The number of hydrogen-bond donors (Lipinski definition) is 1. The van der Waals surface area contributed by atoms with Crippen molar-refractivity contribution >= 4 is 11.5 Å². The first kappa shape index (κ1) is 6.96. The normalized spacial score (nSPS) is 10.8. The molecule has 0 aliphatic carbocycles. The molecule has 6 heteroatoms. The predicted octanol–water partition coefficient (Wildman–Crippen LogP) is -0.439. The zero-order valence-electron chi connectivity index (χ0n) is 6.64. The molecule has 0 unspecified atom stereocenters. The second-order valence-corrected chi connectivity index (χ2v) is 2.28. The molecule has 2 rings (SSSR count). The smallest absolute Gasteiger partial charge is 0.219 e. The molecule has 0 aromatic carbocycles. The van der Waals surface area contributed by atoms with E-state index in [1.807, 2.05) is 6.92 Å². The van der Waals surface area contributed by atoms with Crippen molar-refractivity contribution in [2.75, 3.05) is 12.3 Å². The zero-order chi connectivity index (χ0) is 8.55. The third kappa shape index (κ3) is 0.810. The van der Waals surface area contributed by atoms with Gasteiger partial charge in [-0.1, -0.05) is 4.85 Å². The summed E-state index contributed by atoms with van der Waals surface area (Å²) in [5.74, 6) is 0.418. The Bertz CT molecular complexity index is 389. The molecule has 64 valence electrons. The molecule has 0 aliphatic heterocycles. The van der Waals surface area contributed by atoms with E-state index in [1.54, 1.807) is 17.1 Å². The van der Waals surface area contributed by atoms with Gasteiger partial charge in [0.1, 0.15) is 19.3 Å². The SMILES string of the molecule is CCOn1ncn2cnc(N)c12. The molecule has 2 N–H and O–H groups in total. The highest BCUT2D eigenvalue weighted by molar-refractivity contribution is 5.59. The number of rotatable bonds is 2. The van der Waals surface area contributed by atoms with Crippen molar-refractivity contribution in [1.29, 1.82) is 0 Å². The number of anilines is 1. The fraction of sp³-hybridized carbons (Fsp3) is 0.333. The standard InChI is InChI=1S/C6H9N5O/c1-2-12-11-6-5(7)8-3-10(6)4-9-11/h3-4H,2,7H2,1H3. The third-order valence-corrected chi connectivity index (χ3v) is 1.51. The highest BCUT2D eigenvalue weighted by Gasteiger charge is 2.07. The van der Waals surface area contributed by atoms with Gasteiger partial charge in [0.2, 0.25) is 5.65 Å². The minimum Gasteiger partial charge on any atom is -0.395 e. The van der Waals surface area contributed by atoms with Crippen molar-refractivity contribution in [3.05, 3.63) is 12.7 Å². The molecule has 6 nitrogen and oxygen atoms in total. The molecule has 0 amide bonds. The monoisotopic (exact) mass is 167 g/mol. The summed E-state index contributed by atoms with van der Waals surface area (Å²) in [6.07, 6.45) is 3.18. The molecule has 0 saturated heterocycles. The Hall–Kier alpha value is -1.72. The average Bonchev–Trinajstić information content (AvgIpc) is 2.58. The molecule has 0 aliphatic rings. The Kier molecular flexibility index (Phi) is 1.39. The summed E-state index contributed by atoms with van der Waals surface area (Å²) in [6, 6.07) is 0. The number of nitrogens with zero attached hydrogens (tertiary/aromatic N) is 4. The van der Waals surface area contributed by atoms with Crippen molar-refractivity contribution in [1.82, 2.24) is 19.3 Å². The molecule has 2 aromatic rings. The van der Waals surface area contributed by atoms with Crippen LogP contribution in [0.15, 0.2) is 12.7 Å². The Labute approximate surface area is 68.5 Å². The summed E-state index contributed by atoms with van der Waals surface area (Å²) in [7, 11) is 0. The van der Waals surface area contributed by atoms with Crippen LogP contribution < -0.4 is 10.6 Å². The van der Waals surface area contributed by atoms with E-state index in [2.05, 4.69) is 10.1 Å². The van der Waals surface area contributed by atoms with E-state index in [0.29, 0.717) is 18.1 Å². The second kappa shape index (κ2) is 2.40. The zero-order valence-corrected chi connectivity index (χ0v) is 6.64. The van der Waals surface area contributed by atoms with Crippen molar-refractivity contribution in [3.63, 3.8) is 0 Å². The molecule has 0 atom stereocenters. The van der Waals surface area contributed by atoms with Crippen molar-refractivity contribution in [3.8, 4) is 0 Å². The lowest BCUT2D eigenvalue weighted by Gasteiger charge is -1.99. The van der Waals surface area contributed by atoms with Crippen LogP contribution in [0.3, 0.4) is 0 Å². The molecular formula is C6H9N5O. The quantitative estimate of drug-likeness (QED) is 0.658. The highest BCUT2D eigenvalue weighted by Crippen LogP contribution is 2.08. The van der Waals surface area contributed by atoms with E-state index in [0.717, 1.165) is 0 Å². The second-order valence-electron chi connectivity index (χ2n) is 2.28. The van der Waals surface area contributed by atoms with E-state index in [9.17, 15) is 0 Å². The fourth-order valence-corrected chi connectivity index (χ4v) is 1.02. The maximum atomic E-state index is 5.58. The number of nitrogens with two attached hydrogens (primary N) is 1. The van der Waals surface area contributed by atoms with Gasteiger partial charge < -0.3 is 10.6 Å². The number of imidazole rings is 1. The van der Waals surface area contributed by atoms with Crippen LogP contribution in [-0.2, 0) is 0 Å². The van der Waals surface area contributed by atoms with Crippen LogP contribution in [0.2, 0.25) is 0 Å². The van der Waals surface area contributed by atoms with E-state index in [1.165, 1.54) is 4.85 Å². The fourth-order valence-electron chi connectivity index (χ4n) is 1.02. The van der Waals surface area contributed by atoms with Crippen molar-refractivity contribution < 1.29 is 4.84 Å². The number of fused-ring (bicyclic) bond motifs is 1. The van der Waals surface area contributed by atoms with Gasteiger partial charge in [0.15, 0.2) is 5.82 Å². The predicted molar refractivity (Wildman–Crippen MR) is 42.5 cm³/mol. The third-order valence-electron chi connectivity index (χ3n) is 1.51. The van der Waals surface area contributed by atoms with E-state index in [-0.39, 0.29) is 0 Å². The molecule has 0 spiro atoms. The molecule has 0 fully saturated rings. The Morgan fingerprint density at radius 2 is 2.42 bits per heavy atom. The molecule has 0 bridgehead atoms. The van der Waals surface area contributed by atoms with E-state index in [4.69, 9.17) is 10.6 Å². The number of aromatic nitrogens is 4. The first-order valence-electron chi connectivity index (χ1n) is 3.62. The van der Waals surface area contributed by atoms with Crippen LogP contribution in [0.4, 0.5) is 5.82 Å². The maximum absolute atomic E-state index is 5.58. The summed E-state index contributed by atoms with van der Waals surface area (Å²) in [5.41, 5.74) is 6.24. The van der Waals surface area contributed by atoms with Gasteiger partial charge in [0.25, 0.3) is 0 Å². The maximum Gasteiger partial charge on any atom is 0.219 e. The lowest BCUT2D eigenvalue weighted by molar-refractivity contribution is 0.102. The summed E-state index contributed by atoms with van der Waals surface area (Å²) < 4.78 is 1.70. The summed E-state index contributed by atoms with van der Waals surface area (Å²) in [5, 5.41) is 3.94. The number of hydrogen-bond acceptors (Lipinski definition) is 4. The van der Waals surface area contributed by atoms with Crippen LogP contribution >= 0.6 is 0 Å². The minimum absolute atomic E-state index is 0.418. The topological polar surface area (TPSA) is 70.4 Å². The molecule has 0 saturated carbocycles. The Balaban J connectivity index is 2.59. The summed E-state index contributed by atoms with van der Waals surface area (Å²) >= 11 is 0. The van der Waals surface area contributed by atoms with Crippen LogP contribution in [-0.4, -0.2) is 25.9 Å². The minimum atomic E-state index is 0.418. The summed E-state index contributed by atoms with van der Waals surface area (Å²) in [4.78, 5) is 10.4. The molecule has 12 heavy (non-hydrogen) atoms. The molecule has 0 radical (unpaired) electrons. The van der Waals surface area contributed by atoms with Gasteiger partial charge in [-0.3, -0.25) is 4.40 Å². The average molecular weight is 167 g/mol. The molecular weight excluding hydrogens is 158 g/mol. The largest absolute Gasteiger partial charge is 0.395 e. The Morgan fingerprint density at radius 3 is 3.17 bits per heavy atom. The lowest BCUT2D eigenvalue weighted by Crippen LogP contribution is -2.12. The van der Waals surface area contributed by atoms with Gasteiger partial charge in [-0.05, 0) is 6.92 Å².